The first-order chi connectivity index (χ1) is 6.04. The highest BCUT2D eigenvalue weighted by atomic mass is 16.4. The molecule has 0 heterocycles. The van der Waals surface area contributed by atoms with Crippen molar-refractivity contribution in [3.05, 3.63) is 0 Å². The molecule has 0 radical (unpaired) electrons. The van der Waals surface area contributed by atoms with Crippen LogP contribution in [0.4, 0.5) is 0 Å². The van der Waals surface area contributed by atoms with E-state index in [4.69, 9.17) is 10.4 Å². The predicted octanol–water partition coefficient (Wildman–Crippen LogP) is 2.82. The van der Waals surface area contributed by atoms with Crippen molar-refractivity contribution in [1.29, 1.82) is 5.26 Å². The smallest absolute Gasteiger partial charge is 0.309 e. The summed E-state index contributed by atoms with van der Waals surface area (Å²) in [4.78, 5) is 10.7. The minimum absolute atomic E-state index is 0.458. The summed E-state index contributed by atoms with van der Waals surface area (Å²) < 4.78 is 0. The molecule has 0 aliphatic heterocycles. The Labute approximate surface area is 80.4 Å². The Morgan fingerprint density at radius 1 is 1.31 bits per heavy atom. The third-order valence-corrected chi connectivity index (χ3v) is 2.48. The minimum atomic E-state index is -0.653. The van der Waals surface area contributed by atoms with E-state index in [2.05, 4.69) is 0 Å². The van der Waals surface area contributed by atoms with Crippen LogP contribution < -0.4 is 0 Å². The second-order valence-corrected chi connectivity index (χ2v) is 2.87. The highest BCUT2D eigenvalue weighted by Crippen LogP contribution is 2.30. The largest absolute Gasteiger partial charge is 0.481 e. The summed E-state index contributed by atoms with van der Waals surface area (Å²) in [5, 5.41) is 16.1. The van der Waals surface area contributed by atoms with Gasteiger partial charge >= 0.3 is 5.97 Å². The van der Waals surface area contributed by atoms with Crippen molar-refractivity contribution in [3.63, 3.8) is 0 Å². The average molecular weight is 185 g/mol. The number of rotatable bonds is 4. The van der Waals surface area contributed by atoms with Crippen molar-refractivity contribution in [1.82, 2.24) is 0 Å². The molecule has 0 atom stereocenters. The molecule has 0 fully saturated rings. The molecule has 1 N–H and O–H groups in total. The summed E-state index contributed by atoms with van der Waals surface area (Å²) in [6, 6.07) is 1.75. The SMILES string of the molecule is CC#N.CCC(CC)(CC)C(=O)O. The first-order valence-corrected chi connectivity index (χ1v) is 4.58. The molecule has 0 aliphatic carbocycles. The molecule has 3 heteroatoms. The minimum Gasteiger partial charge on any atom is -0.481 e. The monoisotopic (exact) mass is 185 g/mol. The van der Waals surface area contributed by atoms with E-state index in [1.807, 2.05) is 20.8 Å². The van der Waals surface area contributed by atoms with E-state index in [-0.39, 0.29) is 0 Å². The van der Waals surface area contributed by atoms with E-state index >= 15 is 0 Å². The molecule has 0 saturated carbocycles. The fourth-order valence-electron chi connectivity index (χ4n) is 1.20. The maximum atomic E-state index is 10.7. The van der Waals surface area contributed by atoms with Gasteiger partial charge in [0.2, 0.25) is 0 Å². The van der Waals surface area contributed by atoms with Crippen molar-refractivity contribution in [2.75, 3.05) is 0 Å². The fourth-order valence-corrected chi connectivity index (χ4v) is 1.20. The lowest BCUT2D eigenvalue weighted by Gasteiger charge is -2.24. The number of carboxylic acid groups (broad SMARTS) is 1. The van der Waals surface area contributed by atoms with Gasteiger partial charge in [-0.3, -0.25) is 4.79 Å². The van der Waals surface area contributed by atoms with Gasteiger partial charge in [0.15, 0.2) is 0 Å². The van der Waals surface area contributed by atoms with E-state index < -0.39 is 11.4 Å². The average Bonchev–Trinajstić information content (AvgIpc) is 2.09. The summed E-state index contributed by atoms with van der Waals surface area (Å²) in [5.41, 5.74) is -0.458. The lowest BCUT2D eigenvalue weighted by Crippen LogP contribution is -2.28. The van der Waals surface area contributed by atoms with Gasteiger partial charge in [0.25, 0.3) is 0 Å². The van der Waals surface area contributed by atoms with Crippen molar-refractivity contribution in [3.8, 4) is 6.07 Å². The van der Waals surface area contributed by atoms with Gasteiger partial charge in [0.1, 0.15) is 0 Å². The van der Waals surface area contributed by atoms with Crippen LogP contribution >= 0.6 is 0 Å². The summed E-state index contributed by atoms with van der Waals surface area (Å²) in [7, 11) is 0. The number of hydrogen-bond donors (Lipinski definition) is 1. The van der Waals surface area contributed by atoms with Crippen LogP contribution in [-0.2, 0) is 4.79 Å². The van der Waals surface area contributed by atoms with Gasteiger partial charge < -0.3 is 5.11 Å². The van der Waals surface area contributed by atoms with Gasteiger partial charge in [-0.15, -0.1) is 0 Å². The van der Waals surface area contributed by atoms with Gasteiger partial charge in [-0.1, -0.05) is 20.8 Å². The number of hydrogen-bond acceptors (Lipinski definition) is 2. The van der Waals surface area contributed by atoms with Crippen LogP contribution in [0.1, 0.15) is 47.0 Å². The number of aliphatic carboxylic acids is 1. The Kier molecular flexibility index (Phi) is 8.47. The Bertz CT molecular complexity index is 170. The topological polar surface area (TPSA) is 61.1 Å². The zero-order valence-electron chi connectivity index (χ0n) is 8.92. The van der Waals surface area contributed by atoms with Crippen molar-refractivity contribution < 1.29 is 9.90 Å². The molecule has 0 aromatic rings. The summed E-state index contributed by atoms with van der Waals surface area (Å²) in [6.45, 7) is 7.23. The van der Waals surface area contributed by atoms with Crippen LogP contribution in [-0.4, -0.2) is 11.1 Å². The van der Waals surface area contributed by atoms with E-state index in [9.17, 15) is 4.79 Å². The van der Waals surface area contributed by atoms with Crippen molar-refractivity contribution in [2.24, 2.45) is 5.41 Å². The van der Waals surface area contributed by atoms with E-state index in [1.165, 1.54) is 6.92 Å². The first kappa shape index (κ1) is 14.5. The molecule has 76 valence electrons. The molecular formula is C10H19NO2. The van der Waals surface area contributed by atoms with Crippen molar-refractivity contribution >= 4 is 5.97 Å². The second-order valence-electron chi connectivity index (χ2n) is 2.87. The van der Waals surface area contributed by atoms with Crippen LogP contribution in [0.2, 0.25) is 0 Å². The van der Waals surface area contributed by atoms with Gasteiger partial charge in [-0.05, 0) is 19.3 Å². The maximum absolute atomic E-state index is 10.7. The molecule has 0 amide bonds. The number of carbonyl (C=O) groups is 1. The zero-order valence-corrected chi connectivity index (χ0v) is 8.92. The summed E-state index contributed by atoms with van der Waals surface area (Å²) in [6.07, 6.45) is 2.19. The van der Waals surface area contributed by atoms with Crippen LogP contribution in [0, 0.1) is 16.7 Å². The molecule has 0 aromatic heterocycles. The third kappa shape index (κ3) is 4.51. The molecule has 0 saturated heterocycles. The fraction of sp³-hybridized carbons (Fsp3) is 0.800. The summed E-state index contributed by atoms with van der Waals surface area (Å²) >= 11 is 0. The molecule has 0 bridgehead atoms. The van der Waals surface area contributed by atoms with Crippen LogP contribution in [0.5, 0.6) is 0 Å². The number of nitrogens with zero attached hydrogens (tertiary/aromatic N) is 1. The predicted molar refractivity (Wildman–Crippen MR) is 52.2 cm³/mol. The lowest BCUT2D eigenvalue weighted by atomic mass is 9.80. The Balaban J connectivity index is 0. The van der Waals surface area contributed by atoms with E-state index in [0.29, 0.717) is 0 Å². The Hall–Kier alpha value is -1.04. The van der Waals surface area contributed by atoms with Gasteiger partial charge in [-0.25, -0.2) is 0 Å². The molecule has 0 spiro atoms. The van der Waals surface area contributed by atoms with Crippen LogP contribution in [0.3, 0.4) is 0 Å². The first-order valence-electron chi connectivity index (χ1n) is 4.58. The molecular weight excluding hydrogens is 166 g/mol. The van der Waals surface area contributed by atoms with Gasteiger partial charge in [0, 0.05) is 6.92 Å². The molecule has 13 heavy (non-hydrogen) atoms. The van der Waals surface area contributed by atoms with Crippen LogP contribution in [0.25, 0.3) is 0 Å². The van der Waals surface area contributed by atoms with E-state index in [1.54, 1.807) is 6.07 Å². The van der Waals surface area contributed by atoms with E-state index in [0.717, 1.165) is 19.3 Å². The standard InChI is InChI=1S/C8H16O2.C2H3N/c1-4-8(5-2,6-3)7(9)10;1-2-3/h4-6H2,1-3H3,(H,9,10);1H3. The number of nitriles is 1. The zero-order chi connectivity index (χ0) is 10.9. The molecule has 0 unspecified atom stereocenters. The molecule has 3 nitrogen and oxygen atoms in total. The molecule has 0 rings (SSSR count). The lowest BCUT2D eigenvalue weighted by molar-refractivity contribution is -0.149. The van der Waals surface area contributed by atoms with Crippen LogP contribution in [0.15, 0.2) is 0 Å². The number of carboxylic acids is 1. The quantitative estimate of drug-likeness (QED) is 0.732. The van der Waals surface area contributed by atoms with Crippen molar-refractivity contribution in [2.45, 2.75) is 47.0 Å². The normalized spacial score (nSPS) is 9.46. The molecule has 0 aromatic carbocycles. The highest BCUT2D eigenvalue weighted by molar-refractivity contribution is 5.74. The Morgan fingerprint density at radius 3 is 1.54 bits per heavy atom. The highest BCUT2D eigenvalue weighted by Gasteiger charge is 2.32. The summed E-state index contributed by atoms with van der Waals surface area (Å²) in [5.74, 6) is -0.653. The van der Waals surface area contributed by atoms with Gasteiger partial charge in [0.05, 0.1) is 11.5 Å². The Morgan fingerprint density at radius 2 is 1.54 bits per heavy atom. The maximum Gasteiger partial charge on any atom is 0.309 e. The second kappa shape index (κ2) is 7.60. The third-order valence-electron chi connectivity index (χ3n) is 2.48. The van der Waals surface area contributed by atoms with Gasteiger partial charge in [-0.2, -0.15) is 5.26 Å². The molecule has 0 aliphatic rings.